The van der Waals surface area contributed by atoms with E-state index in [0.29, 0.717) is 5.56 Å². The van der Waals surface area contributed by atoms with Gasteiger partial charge in [0.1, 0.15) is 0 Å². The fourth-order valence-electron chi connectivity index (χ4n) is 1.70. The van der Waals surface area contributed by atoms with Gasteiger partial charge in [0.25, 0.3) is 0 Å². The van der Waals surface area contributed by atoms with Gasteiger partial charge >= 0.3 is 0 Å². The number of benzene rings is 1. The van der Waals surface area contributed by atoms with E-state index in [2.05, 4.69) is 20.7 Å². The van der Waals surface area contributed by atoms with E-state index in [0.717, 1.165) is 17.3 Å². The number of halogens is 1. The van der Waals surface area contributed by atoms with Gasteiger partial charge in [0, 0.05) is 16.6 Å². The van der Waals surface area contributed by atoms with Crippen LogP contribution in [0.25, 0.3) is 0 Å². The van der Waals surface area contributed by atoms with E-state index in [9.17, 15) is 8.42 Å². The van der Waals surface area contributed by atoms with Crippen LogP contribution in [-0.4, -0.2) is 20.5 Å². The Kier molecular flexibility index (Phi) is 5.55. The molecule has 0 atom stereocenters. The van der Waals surface area contributed by atoms with Crippen molar-refractivity contribution in [3.8, 4) is 0 Å². The van der Waals surface area contributed by atoms with Crippen LogP contribution in [0.15, 0.2) is 27.6 Å². The van der Waals surface area contributed by atoms with Crippen molar-refractivity contribution in [2.45, 2.75) is 44.0 Å². The fraction of sp³-hybridized carbons (Fsp3) is 0.538. The molecule has 0 fully saturated rings. The molecule has 1 rings (SSSR count). The molecule has 4 nitrogen and oxygen atoms in total. The summed E-state index contributed by atoms with van der Waals surface area (Å²) in [6.45, 7) is 5.94. The van der Waals surface area contributed by atoms with Crippen molar-refractivity contribution in [3.63, 3.8) is 0 Å². The summed E-state index contributed by atoms with van der Waals surface area (Å²) in [5, 5.41) is 0. The highest BCUT2D eigenvalue weighted by atomic mass is 79.9. The van der Waals surface area contributed by atoms with E-state index in [1.165, 1.54) is 0 Å². The van der Waals surface area contributed by atoms with Crippen molar-refractivity contribution in [2.75, 3.05) is 6.54 Å². The summed E-state index contributed by atoms with van der Waals surface area (Å²) in [7, 11) is -3.53. The van der Waals surface area contributed by atoms with Gasteiger partial charge in [-0.3, -0.25) is 0 Å². The van der Waals surface area contributed by atoms with Crippen LogP contribution >= 0.6 is 15.9 Å². The zero-order valence-corrected chi connectivity index (χ0v) is 13.9. The molecule has 0 spiro atoms. The summed E-state index contributed by atoms with van der Waals surface area (Å²) in [5.74, 6) is 0. The number of nitrogens with one attached hydrogen (secondary N) is 1. The first-order chi connectivity index (χ1) is 8.75. The van der Waals surface area contributed by atoms with E-state index in [4.69, 9.17) is 5.73 Å². The topological polar surface area (TPSA) is 72.2 Å². The van der Waals surface area contributed by atoms with Crippen LogP contribution < -0.4 is 10.5 Å². The van der Waals surface area contributed by atoms with Crippen LogP contribution in [0.1, 0.15) is 32.3 Å². The Hall–Kier alpha value is -0.430. The second kappa shape index (κ2) is 6.35. The van der Waals surface area contributed by atoms with Gasteiger partial charge in [0.2, 0.25) is 10.0 Å². The summed E-state index contributed by atoms with van der Waals surface area (Å²) in [6, 6.07) is 5.12. The minimum Gasteiger partial charge on any atom is -0.324 e. The largest absolute Gasteiger partial charge is 0.324 e. The molecule has 0 aromatic heterocycles. The lowest BCUT2D eigenvalue weighted by Crippen LogP contribution is -2.49. The summed E-state index contributed by atoms with van der Waals surface area (Å²) in [6.07, 6.45) is 1.45. The average Bonchev–Trinajstić information content (AvgIpc) is 2.39. The van der Waals surface area contributed by atoms with Crippen molar-refractivity contribution < 1.29 is 8.42 Å². The molecule has 0 unspecified atom stereocenters. The van der Waals surface area contributed by atoms with Gasteiger partial charge < -0.3 is 5.73 Å². The predicted octanol–water partition coefficient (Wildman–Crippen LogP) is 2.55. The molecule has 0 aliphatic heterocycles. The highest BCUT2D eigenvalue weighted by Gasteiger charge is 2.25. The Balaban J connectivity index is 2.97. The molecule has 0 amide bonds. The lowest BCUT2D eigenvalue weighted by atomic mass is 9.95. The molecular weight excluding hydrogens is 328 g/mol. The van der Waals surface area contributed by atoms with E-state index >= 15 is 0 Å². The molecule has 0 bridgehead atoms. The van der Waals surface area contributed by atoms with Crippen LogP contribution in [0.2, 0.25) is 0 Å². The Morgan fingerprint density at radius 2 is 1.89 bits per heavy atom. The minimum atomic E-state index is -3.53. The van der Waals surface area contributed by atoms with Crippen LogP contribution in [0.5, 0.6) is 0 Å². The maximum absolute atomic E-state index is 12.3. The Morgan fingerprint density at radius 1 is 1.32 bits per heavy atom. The van der Waals surface area contributed by atoms with E-state index in [-0.39, 0.29) is 11.4 Å². The third-order valence-electron chi connectivity index (χ3n) is 3.53. The van der Waals surface area contributed by atoms with Gasteiger partial charge in [-0.25, -0.2) is 13.1 Å². The number of sulfonamides is 1. The quantitative estimate of drug-likeness (QED) is 0.829. The van der Waals surface area contributed by atoms with Crippen molar-refractivity contribution in [2.24, 2.45) is 5.73 Å². The van der Waals surface area contributed by atoms with Crippen LogP contribution in [0, 0.1) is 6.92 Å². The predicted molar refractivity (Wildman–Crippen MR) is 81.6 cm³/mol. The smallest absolute Gasteiger partial charge is 0.240 e. The zero-order chi connectivity index (χ0) is 14.7. The fourth-order valence-corrected chi connectivity index (χ4v) is 3.60. The number of nitrogens with two attached hydrogens (primary N) is 1. The molecule has 0 aliphatic rings. The number of rotatable bonds is 6. The molecular formula is C13H21BrN2O2S. The third kappa shape index (κ3) is 4.02. The lowest BCUT2D eigenvalue weighted by molar-refractivity contribution is 0.391. The highest BCUT2D eigenvalue weighted by molar-refractivity contribution is 9.10. The molecule has 3 N–H and O–H groups in total. The molecule has 1 aromatic rings. The van der Waals surface area contributed by atoms with Gasteiger partial charge in [-0.1, -0.05) is 35.8 Å². The van der Waals surface area contributed by atoms with E-state index in [1.54, 1.807) is 19.1 Å². The highest BCUT2D eigenvalue weighted by Crippen LogP contribution is 2.23. The number of hydrogen-bond acceptors (Lipinski definition) is 3. The van der Waals surface area contributed by atoms with Crippen LogP contribution in [0.3, 0.4) is 0 Å². The van der Waals surface area contributed by atoms with Gasteiger partial charge in [-0.15, -0.1) is 0 Å². The lowest BCUT2D eigenvalue weighted by Gasteiger charge is -2.26. The van der Waals surface area contributed by atoms with Crippen LogP contribution in [0.4, 0.5) is 0 Å². The summed E-state index contributed by atoms with van der Waals surface area (Å²) in [4.78, 5) is 0.288. The molecule has 0 heterocycles. The zero-order valence-electron chi connectivity index (χ0n) is 11.5. The summed E-state index contributed by atoms with van der Waals surface area (Å²) >= 11 is 3.34. The molecule has 0 aliphatic carbocycles. The summed E-state index contributed by atoms with van der Waals surface area (Å²) < 4.78 is 28.0. The van der Waals surface area contributed by atoms with Crippen LogP contribution in [-0.2, 0) is 10.0 Å². The first-order valence-corrected chi connectivity index (χ1v) is 8.57. The van der Waals surface area contributed by atoms with Crippen molar-refractivity contribution in [1.82, 2.24) is 4.72 Å². The molecule has 0 radical (unpaired) electrons. The first kappa shape index (κ1) is 16.6. The van der Waals surface area contributed by atoms with Gasteiger partial charge in [-0.05, 0) is 37.5 Å². The van der Waals surface area contributed by atoms with Gasteiger partial charge in [-0.2, -0.15) is 0 Å². The van der Waals surface area contributed by atoms with Crippen molar-refractivity contribution in [3.05, 3.63) is 28.2 Å². The second-order valence-electron chi connectivity index (χ2n) is 4.76. The molecule has 0 saturated heterocycles. The van der Waals surface area contributed by atoms with Crippen molar-refractivity contribution >= 4 is 26.0 Å². The Labute approximate surface area is 124 Å². The molecule has 1 aromatic carbocycles. The maximum Gasteiger partial charge on any atom is 0.240 e. The Morgan fingerprint density at radius 3 is 2.42 bits per heavy atom. The first-order valence-electron chi connectivity index (χ1n) is 6.29. The molecule has 108 valence electrons. The van der Waals surface area contributed by atoms with E-state index < -0.39 is 15.6 Å². The molecule has 19 heavy (non-hydrogen) atoms. The SMILES string of the molecule is CCC(N)(CC)CNS(=O)(=O)c1cccc(Br)c1C. The molecule has 6 heteroatoms. The second-order valence-corrected chi connectivity index (χ2v) is 7.35. The standard InChI is InChI=1S/C13H21BrN2O2S/c1-4-13(15,5-2)9-16-19(17,18)12-8-6-7-11(14)10(12)3/h6-8,16H,4-5,9,15H2,1-3H3. The molecule has 0 saturated carbocycles. The van der Waals surface area contributed by atoms with Gasteiger partial charge in [0.15, 0.2) is 0 Å². The number of hydrogen-bond donors (Lipinski definition) is 2. The van der Waals surface area contributed by atoms with Gasteiger partial charge in [0.05, 0.1) is 4.90 Å². The van der Waals surface area contributed by atoms with E-state index in [1.807, 2.05) is 19.9 Å². The summed E-state index contributed by atoms with van der Waals surface area (Å²) in [5.41, 5.74) is 6.32. The van der Waals surface area contributed by atoms with Crippen molar-refractivity contribution in [1.29, 1.82) is 0 Å². The Bertz CT molecular complexity index is 540. The maximum atomic E-state index is 12.3. The monoisotopic (exact) mass is 348 g/mol. The minimum absolute atomic E-state index is 0.244. The normalized spacial score (nSPS) is 12.7. The third-order valence-corrected chi connectivity index (χ3v) is 5.93. The average molecular weight is 349 g/mol.